The molecular weight excluding hydrogens is 342 g/mol. The van der Waals surface area contributed by atoms with Crippen LogP contribution in [-0.2, 0) is 14.3 Å². The molecule has 0 aliphatic heterocycles. The smallest absolute Gasteiger partial charge is 0.344 e. The number of carbonyl (C=O) groups excluding carboxylic acids is 2. The molecule has 0 aliphatic rings. The van der Waals surface area contributed by atoms with Crippen molar-refractivity contribution >= 4 is 29.2 Å². The van der Waals surface area contributed by atoms with Crippen LogP contribution >= 0.6 is 11.6 Å². The highest BCUT2D eigenvalue weighted by Gasteiger charge is 2.12. The standard InChI is InChI=1S/C19H20ClNO4/c1-13(2)14-7-3-5-9-16(14)21-18(22)11-25-19(23)12-24-17-10-6-4-8-15(17)20/h3-10,13H,11-12H2,1-2H3,(H,21,22). The Balaban J connectivity index is 1.80. The van der Waals surface area contributed by atoms with Crippen LogP contribution in [0.25, 0.3) is 0 Å². The zero-order valence-electron chi connectivity index (χ0n) is 14.1. The maximum atomic E-state index is 12.0. The van der Waals surface area contributed by atoms with Gasteiger partial charge in [0.2, 0.25) is 0 Å². The summed E-state index contributed by atoms with van der Waals surface area (Å²) in [5, 5.41) is 3.15. The van der Waals surface area contributed by atoms with Gasteiger partial charge in [-0.05, 0) is 29.7 Å². The summed E-state index contributed by atoms with van der Waals surface area (Å²) >= 11 is 5.92. The lowest BCUT2D eigenvalue weighted by Gasteiger charge is -2.13. The Morgan fingerprint density at radius 3 is 2.44 bits per heavy atom. The monoisotopic (exact) mass is 361 g/mol. The zero-order valence-corrected chi connectivity index (χ0v) is 14.9. The third-order valence-corrected chi connectivity index (χ3v) is 3.72. The molecule has 132 valence electrons. The number of para-hydroxylation sites is 2. The first-order valence-electron chi connectivity index (χ1n) is 7.89. The lowest BCUT2D eigenvalue weighted by atomic mass is 10.0. The average Bonchev–Trinajstić information content (AvgIpc) is 2.59. The molecular formula is C19H20ClNO4. The summed E-state index contributed by atoms with van der Waals surface area (Å²) in [6.07, 6.45) is 0. The van der Waals surface area contributed by atoms with Crippen molar-refractivity contribution in [2.45, 2.75) is 19.8 Å². The van der Waals surface area contributed by atoms with Crippen LogP contribution in [0.5, 0.6) is 5.75 Å². The van der Waals surface area contributed by atoms with Crippen LogP contribution in [0.1, 0.15) is 25.3 Å². The van der Waals surface area contributed by atoms with Crippen LogP contribution in [0.3, 0.4) is 0 Å². The molecule has 0 aliphatic carbocycles. The van der Waals surface area contributed by atoms with Crippen LogP contribution in [0.15, 0.2) is 48.5 Å². The fourth-order valence-electron chi connectivity index (χ4n) is 2.19. The minimum atomic E-state index is -0.646. The third kappa shape index (κ3) is 5.80. The molecule has 0 heterocycles. The molecule has 2 aromatic carbocycles. The normalized spacial score (nSPS) is 10.4. The molecule has 1 amide bonds. The number of hydrogen-bond donors (Lipinski definition) is 1. The van der Waals surface area contributed by atoms with E-state index in [-0.39, 0.29) is 19.1 Å². The molecule has 1 N–H and O–H groups in total. The van der Waals surface area contributed by atoms with Crippen molar-refractivity contribution in [2.75, 3.05) is 18.5 Å². The topological polar surface area (TPSA) is 64.6 Å². The number of nitrogens with one attached hydrogen (secondary N) is 1. The Morgan fingerprint density at radius 2 is 1.72 bits per heavy atom. The number of esters is 1. The summed E-state index contributed by atoms with van der Waals surface area (Å²) in [6, 6.07) is 14.3. The quantitative estimate of drug-likeness (QED) is 0.756. The van der Waals surface area contributed by atoms with E-state index in [2.05, 4.69) is 5.32 Å². The second-order valence-electron chi connectivity index (χ2n) is 5.67. The Bertz CT molecular complexity index is 746. The van der Waals surface area contributed by atoms with Crippen molar-refractivity contribution in [1.82, 2.24) is 0 Å². The van der Waals surface area contributed by atoms with E-state index < -0.39 is 11.9 Å². The van der Waals surface area contributed by atoms with E-state index >= 15 is 0 Å². The number of hydrogen-bond acceptors (Lipinski definition) is 4. The van der Waals surface area contributed by atoms with Gasteiger partial charge in [0.05, 0.1) is 5.02 Å². The molecule has 0 saturated carbocycles. The number of anilines is 1. The number of amides is 1. The van der Waals surface area contributed by atoms with Gasteiger partial charge < -0.3 is 14.8 Å². The molecule has 2 rings (SSSR count). The lowest BCUT2D eigenvalue weighted by molar-refractivity contribution is -0.149. The molecule has 0 aromatic heterocycles. The maximum Gasteiger partial charge on any atom is 0.344 e. The molecule has 25 heavy (non-hydrogen) atoms. The van der Waals surface area contributed by atoms with Gasteiger partial charge in [0.15, 0.2) is 13.2 Å². The molecule has 5 nitrogen and oxygen atoms in total. The maximum absolute atomic E-state index is 12.0. The Labute approximate surface area is 151 Å². The van der Waals surface area contributed by atoms with Gasteiger partial charge in [0.25, 0.3) is 5.91 Å². The van der Waals surface area contributed by atoms with Crippen LogP contribution in [0.2, 0.25) is 5.02 Å². The highest BCUT2D eigenvalue weighted by molar-refractivity contribution is 6.32. The van der Waals surface area contributed by atoms with Gasteiger partial charge in [-0.1, -0.05) is 55.8 Å². The largest absolute Gasteiger partial charge is 0.480 e. The molecule has 6 heteroatoms. The van der Waals surface area contributed by atoms with E-state index in [1.807, 2.05) is 38.1 Å². The predicted octanol–water partition coefficient (Wildman–Crippen LogP) is 4.02. The fourth-order valence-corrected chi connectivity index (χ4v) is 2.38. The van der Waals surface area contributed by atoms with Gasteiger partial charge in [-0.15, -0.1) is 0 Å². The van der Waals surface area contributed by atoms with Gasteiger partial charge in [0.1, 0.15) is 5.75 Å². The first-order valence-corrected chi connectivity index (χ1v) is 8.27. The lowest BCUT2D eigenvalue weighted by Crippen LogP contribution is -2.24. The van der Waals surface area contributed by atoms with Gasteiger partial charge in [-0.2, -0.15) is 0 Å². The zero-order chi connectivity index (χ0) is 18.2. The van der Waals surface area contributed by atoms with Crippen LogP contribution in [0.4, 0.5) is 5.69 Å². The molecule has 0 bridgehead atoms. The second-order valence-corrected chi connectivity index (χ2v) is 6.08. The minimum Gasteiger partial charge on any atom is -0.480 e. The Hall–Kier alpha value is -2.53. The van der Waals surface area contributed by atoms with Gasteiger partial charge in [-0.25, -0.2) is 4.79 Å². The summed E-state index contributed by atoms with van der Waals surface area (Å²) < 4.78 is 10.2. The van der Waals surface area contributed by atoms with E-state index in [0.29, 0.717) is 16.5 Å². The Kier molecular flexibility index (Phi) is 6.83. The predicted molar refractivity (Wildman–Crippen MR) is 97.1 cm³/mol. The van der Waals surface area contributed by atoms with Gasteiger partial charge in [0, 0.05) is 5.69 Å². The van der Waals surface area contributed by atoms with E-state index in [1.54, 1.807) is 24.3 Å². The molecule has 0 radical (unpaired) electrons. The van der Waals surface area contributed by atoms with E-state index in [1.165, 1.54) is 0 Å². The summed E-state index contributed by atoms with van der Waals surface area (Å²) in [5.74, 6) is -0.397. The van der Waals surface area contributed by atoms with Crippen molar-refractivity contribution in [2.24, 2.45) is 0 Å². The summed E-state index contributed by atoms with van der Waals surface area (Å²) in [4.78, 5) is 23.7. The van der Waals surface area contributed by atoms with E-state index in [4.69, 9.17) is 21.1 Å². The van der Waals surface area contributed by atoms with Gasteiger partial charge in [-0.3, -0.25) is 4.79 Å². The van der Waals surface area contributed by atoms with Crippen molar-refractivity contribution in [3.05, 3.63) is 59.1 Å². The van der Waals surface area contributed by atoms with E-state index in [0.717, 1.165) is 5.56 Å². The fraction of sp³-hybridized carbons (Fsp3) is 0.263. The number of rotatable bonds is 7. The average molecular weight is 362 g/mol. The van der Waals surface area contributed by atoms with Crippen LogP contribution in [-0.4, -0.2) is 25.1 Å². The molecule has 0 atom stereocenters. The highest BCUT2D eigenvalue weighted by Crippen LogP contribution is 2.24. The van der Waals surface area contributed by atoms with Crippen LogP contribution < -0.4 is 10.1 Å². The highest BCUT2D eigenvalue weighted by atomic mass is 35.5. The molecule has 0 unspecified atom stereocenters. The molecule has 0 fully saturated rings. The Morgan fingerprint density at radius 1 is 1.04 bits per heavy atom. The minimum absolute atomic E-state index is 0.267. The summed E-state index contributed by atoms with van der Waals surface area (Å²) in [7, 11) is 0. The van der Waals surface area contributed by atoms with Gasteiger partial charge >= 0.3 is 5.97 Å². The molecule has 2 aromatic rings. The number of benzene rings is 2. The van der Waals surface area contributed by atoms with Crippen molar-refractivity contribution in [3.8, 4) is 5.75 Å². The van der Waals surface area contributed by atoms with Crippen molar-refractivity contribution in [3.63, 3.8) is 0 Å². The van der Waals surface area contributed by atoms with Crippen LogP contribution in [0, 0.1) is 0 Å². The van der Waals surface area contributed by atoms with E-state index in [9.17, 15) is 9.59 Å². The molecule has 0 spiro atoms. The third-order valence-electron chi connectivity index (χ3n) is 3.40. The first kappa shape index (κ1) is 18.8. The van der Waals surface area contributed by atoms with Crippen molar-refractivity contribution in [1.29, 1.82) is 0 Å². The summed E-state index contributed by atoms with van der Waals surface area (Å²) in [5.41, 5.74) is 1.73. The molecule has 0 saturated heterocycles. The summed E-state index contributed by atoms with van der Waals surface area (Å²) in [6.45, 7) is 3.38. The second kappa shape index (κ2) is 9.08. The first-order chi connectivity index (χ1) is 12.0. The number of carbonyl (C=O) groups is 2. The number of halogens is 1. The van der Waals surface area contributed by atoms with Crippen molar-refractivity contribution < 1.29 is 19.1 Å². The SMILES string of the molecule is CC(C)c1ccccc1NC(=O)COC(=O)COc1ccccc1Cl. The number of ether oxygens (including phenoxy) is 2.